The Hall–Kier alpha value is -0.490. The first-order chi connectivity index (χ1) is 8.16. The highest BCUT2D eigenvalue weighted by Gasteiger charge is 2.20. The van der Waals surface area contributed by atoms with Crippen LogP contribution in [0.4, 0.5) is 0 Å². The predicted molar refractivity (Wildman–Crippen MR) is 75.6 cm³/mol. The van der Waals surface area contributed by atoms with Crippen LogP contribution in [0, 0.1) is 18.8 Å². The van der Waals surface area contributed by atoms with E-state index in [1.54, 1.807) is 0 Å². The topological polar surface area (TPSA) is 0 Å². The Kier molecular flexibility index (Phi) is 4.50. The van der Waals surface area contributed by atoms with Crippen molar-refractivity contribution in [2.45, 2.75) is 52.4 Å². The molecule has 1 aliphatic carbocycles. The lowest BCUT2D eigenvalue weighted by atomic mass is 9.83. The minimum absolute atomic E-state index is 0.861. The highest BCUT2D eigenvalue weighted by molar-refractivity contribution is 6.30. The van der Waals surface area contributed by atoms with Gasteiger partial charge in [-0.1, -0.05) is 50.3 Å². The molecular weight excluding hydrogens is 228 g/mol. The van der Waals surface area contributed by atoms with Crippen molar-refractivity contribution in [1.82, 2.24) is 0 Å². The molecule has 2 unspecified atom stereocenters. The number of rotatable bonds is 2. The molecule has 0 saturated heterocycles. The van der Waals surface area contributed by atoms with E-state index in [-0.39, 0.29) is 0 Å². The molecule has 2 atom stereocenters. The van der Waals surface area contributed by atoms with Crippen LogP contribution in [0.3, 0.4) is 0 Å². The van der Waals surface area contributed by atoms with Gasteiger partial charge in [0.2, 0.25) is 0 Å². The summed E-state index contributed by atoms with van der Waals surface area (Å²) in [5.41, 5.74) is 2.85. The molecule has 1 saturated carbocycles. The second kappa shape index (κ2) is 5.91. The average molecular weight is 251 g/mol. The maximum Gasteiger partial charge on any atom is 0.0408 e. The van der Waals surface area contributed by atoms with Crippen molar-refractivity contribution in [1.29, 1.82) is 0 Å². The van der Waals surface area contributed by atoms with Gasteiger partial charge in [0.15, 0.2) is 0 Å². The molecule has 2 rings (SSSR count). The third-order valence-corrected chi connectivity index (χ3v) is 4.56. The third-order valence-electron chi connectivity index (χ3n) is 4.33. The van der Waals surface area contributed by atoms with Crippen LogP contribution in [0.1, 0.15) is 50.2 Å². The molecule has 1 aromatic carbocycles. The van der Waals surface area contributed by atoms with Gasteiger partial charge in [-0.15, -0.1) is 0 Å². The van der Waals surface area contributed by atoms with Gasteiger partial charge in [0, 0.05) is 5.02 Å². The maximum absolute atomic E-state index is 6.01. The standard InChI is InChI=1S/C16H23Cl/c1-12-6-4-3-5-7-14(12)11-15-8-9-16(17)10-13(15)2/h8-10,12,14H,3-7,11H2,1-2H3. The van der Waals surface area contributed by atoms with Gasteiger partial charge < -0.3 is 0 Å². The summed E-state index contributed by atoms with van der Waals surface area (Å²) in [5.74, 6) is 1.75. The minimum atomic E-state index is 0.861. The monoisotopic (exact) mass is 250 g/mol. The molecule has 0 radical (unpaired) electrons. The molecule has 94 valence electrons. The van der Waals surface area contributed by atoms with Gasteiger partial charge in [-0.05, 0) is 54.9 Å². The van der Waals surface area contributed by atoms with Crippen LogP contribution < -0.4 is 0 Å². The van der Waals surface area contributed by atoms with Crippen LogP contribution in [0.2, 0.25) is 5.02 Å². The van der Waals surface area contributed by atoms with Crippen LogP contribution in [0.5, 0.6) is 0 Å². The van der Waals surface area contributed by atoms with Crippen LogP contribution in [-0.2, 0) is 6.42 Å². The Balaban J connectivity index is 2.08. The molecule has 0 nitrogen and oxygen atoms in total. The van der Waals surface area contributed by atoms with Gasteiger partial charge in [-0.25, -0.2) is 0 Å². The van der Waals surface area contributed by atoms with Gasteiger partial charge in [-0.2, -0.15) is 0 Å². The van der Waals surface area contributed by atoms with Gasteiger partial charge in [0.1, 0.15) is 0 Å². The van der Waals surface area contributed by atoms with E-state index < -0.39 is 0 Å². The first kappa shape index (κ1) is 13.0. The van der Waals surface area contributed by atoms with Crippen LogP contribution >= 0.6 is 11.6 Å². The largest absolute Gasteiger partial charge is 0.0843 e. The number of aryl methyl sites for hydroxylation is 1. The van der Waals surface area contributed by atoms with Crippen LogP contribution in [-0.4, -0.2) is 0 Å². The summed E-state index contributed by atoms with van der Waals surface area (Å²) in [6.45, 7) is 4.61. The zero-order valence-electron chi connectivity index (χ0n) is 11.0. The molecule has 0 amide bonds. The van der Waals surface area contributed by atoms with E-state index in [4.69, 9.17) is 11.6 Å². The molecule has 0 aliphatic heterocycles. The number of halogens is 1. The summed E-state index contributed by atoms with van der Waals surface area (Å²) in [6.07, 6.45) is 8.34. The van der Waals surface area contributed by atoms with Crippen molar-refractivity contribution in [3.63, 3.8) is 0 Å². The molecule has 0 spiro atoms. The first-order valence-electron chi connectivity index (χ1n) is 6.92. The molecule has 1 aliphatic rings. The van der Waals surface area contributed by atoms with Crippen molar-refractivity contribution in [2.75, 3.05) is 0 Å². The highest BCUT2D eigenvalue weighted by atomic mass is 35.5. The van der Waals surface area contributed by atoms with Gasteiger partial charge in [-0.3, -0.25) is 0 Å². The van der Waals surface area contributed by atoms with E-state index in [1.165, 1.54) is 49.7 Å². The SMILES string of the molecule is Cc1cc(Cl)ccc1CC1CCCCCC1C. The third kappa shape index (κ3) is 3.48. The summed E-state index contributed by atoms with van der Waals surface area (Å²) < 4.78 is 0. The smallest absolute Gasteiger partial charge is 0.0408 e. The fraction of sp³-hybridized carbons (Fsp3) is 0.625. The molecular formula is C16H23Cl. The van der Waals surface area contributed by atoms with Crippen LogP contribution in [0.25, 0.3) is 0 Å². The molecule has 1 heteroatoms. The fourth-order valence-corrected chi connectivity index (χ4v) is 3.27. The molecule has 0 bridgehead atoms. The molecule has 1 aromatic rings. The van der Waals surface area contributed by atoms with Crippen LogP contribution in [0.15, 0.2) is 18.2 Å². The Labute approximate surface area is 110 Å². The lowest BCUT2D eigenvalue weighted by Crippen LogP contribution is -2.13. The summed E-state index contributed by atoms with van der Waals surface area (Å²) in [7, 11) is 0. The summed E-state index contributed by atoms with van der Waals surface area (Å²) >= 11 is 6.01. The normalized spacial score (nSPS) is 25.6. The number of benzene rings is 1. The molecule has 17 heavy (non-hydrogen) atoms. The first-order valence-corrected chi connectivity index (χ1v) is 7.29. The Morgan fingerprint density at radius 3 is 2.71 bits per heavy atom. The van der Waals surface area contributed by atoms with Gasteiger partial charge in [0.25, 0.3) is 0 Å². The molecule has 0 heterocycles. The van der Waals surface area contributed by atoms with E-state index in [0.29, 0.717) is 0 Å². The fourth-order valence-electron chi connectivity index (χ4n) is 3.04. The summed E-state index contributed by atoms with van der Waals surface area (Å²) in [6, 6.07) is 6.35. The lowest BCUT2D eigenvalue weighted by molar-refractivity contribution is 0.335. The second-order valence-electron chi connectivity index (χ2n) is 5.65. The average Bonchev–Trinajstić information content (AvgIpc) is 2.48. The van der Waals surface area contributed by atoms with Gasteiger partial charge >= 0.3 is 0 Å². The van der Waals surface area contributed by atoms with Crippen molar-refractivity contribution in [2.24, 2.45) is 11.8 Å². The zero-order chi connectivity index (χ0) is 12.3. The summed E-state index contributed by atoms with van der Waals surface area (Å²) in [5, 5.41) is 0.861. The van der Waals surface area contributed by atoms with Crippen molar-refractivity contribution < 1.29 is 0 Å². The van der Waals surface area contributed by atoms with E-state index in [0.717, 1.165) is 16.9 Å². The quantitative estimate of drug-likeness (QED) is 0.616. The maximum atomic E-state index is 6.01. The van der Waals surface area contributed by atoms with Crippen molar-refractivity contribution >= 4 is 11.6 Å². The van der Waals surface area contributed by atoms with E-state index in [9.17, 15) is 0 Å². The van der Waals surface area contributed by atoms with Gasteiger partial charge in [0.05, 0.1) is 0 Å². The summed E-state index contributed by atoms with van der Waals surface area (Å²) in [4.78, 5) is 0. The van der Waals surface area contributed by atoms with E-state index in [1.807, 2.05) is 6.07 Å². The second-order valence-corrected chi connectivity index (χ2v) is 6.09. The van der Waals surface area contributed by atoms with Crippen molar-refractivity contribution in [3.05, 3.63) is 34.3 Å². The number of hydrogen-bond acceptors (Lipinski definition) is 0. The molecule has 0 N–H and O–H groups in total. The highest BCUT2D eigenvalue weighted by Crippen LogP contribution is 2.32. The molecule has 0 aromatic heterocycles. The minimum Gasteiger partial charge on any atom is -0.0843 e. The lowest BCUT2D eigenvalue weighted by Gasteiger charge is -2.22. The molecule has 1 fully saturated rings. The van der Waals surface area contributed by atoms with E-state index in [2.05, 4.69) is 26.0 Å². The zero-order valence-corrected chi connectivity index (χ0v) is 11.8. The Morgan fingerprint density at radius 2 is 1.94 bits per heavy atom. The van der Waals surface area contributed by atoms with Crippen molar-refractivity contribution in [3.8, 4) is 0 Å². The number of hydrogen-bond donors (Lipinski definition) is 0. The van der Waals surface area contributed by atoms with E-state index >= 15 is 0 Å². The Bertz CT molecular complexity index is 370. The predicted octanol–water partition coefficient (Wildman–Crippen LogP) is 5.41. The Morgan fingerprint density at radius 1 is 1.18 bits per heavy atom.